The van der Waals surface area contributed by atoms with Crippen molar-refractivity contribution < 1.29 is 9.59 Å². The van der Waals surface area contributed by atoms with E-state index in [2.05, 4.69) is 12.2 Å². The Morgan fingerprint density at radius 3 is 2.54 bits per heavy atom. The maximum Gasteiger partial charge on any atom is 0.243 e. The van der Waals surface area contributed by atoms with Gasteiger partial charge in [0, 0.05) is 19.0 Å². The lowest BCUT2D eigenvalue weighted by Crippen LogP contribution is -2.48. The number of carbonyl (C=O) groups is 2. The average molecular weight is 328 g/mol. The highest BCUT2D eigenvalue weighted by Gasteiger charge is 2.38. The van der Waals surface area contributed by atoms with Crippen LogP contribution in [0.25, 0.3) is 0 Å². The molecular formula is C20H28N2O2. The summed E-state index contributed by atoms with van der Waals surface area (Å²) >= 11 is 0. The fourth-order valence-electron chi connectivity index (χ4n) is 4.13. The van der Waals surface area contributed by atoms with E-state index in [-0.39, 0.29) is 23.8 Å². The molecule has 0 bridgehead atoms. The first kappa shape index (κ1) is 17.0. The Morgan fingerprint density at radius 1 is 1.12 bits per heavy atom. The highest BCUT2D eigenvalue weighted by Crippen LogP contribution is 2.33. The van der Waals surface area contributed by atoms with Crippen molar-refractivity contribution >= 4 is 11.8 Å². The van der Waals surface area contributed by atoms with Gasteiger partial charge < -0.3 is 10.2 Å². The summed E-state index contributed by atoms with van der Waals surface area (Å²) in [6.45, 7) is 3.30. The molecule has 130 valence electrons. The number of carbonyl (C=O) groups excluding carboxylic acids is 2. The van der Waals surface area contributed by atoms with Gasteiger partial charge in [-0.05, 0) is 37.2 Å². The van der Waals surface area contributed by atoms with Gasteiger partial charge in [-0.15, -0.1) is 0 Å². The van der Waals surface area contributed by atoms with Gasteiger partial charge in [-0.3, -0.25) is 9.59 Å². The fraction of sp³-hybridized carbons (Fsp3) is 0.600. The van der Waals surface area contributed by atoms with E-state index in [9.17, 15) is 9.59 Å². The van der Waals surface area contributed by atoms with Crippen LogP contribution in [0.2, 0.25) is 0 Å². The lowest BCUT2D eigenvalue weighted by molar-refractivity contribution is -0.142. The zero-order chi connectivity index (χ0) is 16.9. The summed E-state index contributed by atoms with van der Waals surface area (Å²) in [6.07, 6.45) is 6.50. The van der Waals surface area contributed by atoms with Crippen molar-refractivity contribution in [3.63, 3.8) is 0 Å². The van der Waals surface area contributed by atoms with E-state index >= 15 is 0 Å². The van der Waals surface area contributed by atoms with E-state index in [0.717, 1.165) is 37.8 Å². The Labute approximate surface area is 144 Å². The predicted molar refractivity (Wildman–Crippen MR) is 94.1 cm³/mol. The second kappa shape index (κ2) is 7.82. The Hall–Kier alpha value is -1.84. The average Bonchev–Trinajstić information content (AvgIpc) is 3.30. The summed E-state index contributed by atoms with van der Waals surface area (Å²) in [5, 5.41) is 3.00. The summed E-state index contributed by atoms with van der Waals surface area (Å²) in [5.74, 6) is 0.726. The Balaban J connectivity index is 1.57. The number of benzene rings is 1. The zero-order valence-electron chi connectivity index (χ0n) is 14.5. The number of hydrogen-bond acceptors (Lipinski definition) is 2. The van der Waals surface area contributed by atoms with Crippen molar-refractivity contribution in [2.75, 3.05) is 6.54 Å². The molecule has 2 fully saturated rings. The predicted octanol–water partition coefficient (Wildman–Crippen LogP) is 3.12. The molecule has 1 N–H and O–H groups in total. The molecule has 2 aliphatic rings. The van der Waals surface area contributed by atoms with Gasteiger partial charge in [0.05, 0.1) is 0 Å². The molecule has 0 radical (unpaired) electrons. The lowest BCUT2D eigenvalue weighted by atomic mass is 9.91. The van der Waals surface area contributed by atoms with Crippen LogP contribution in [0, 0.1) is 11.8 Å². The van der Waals surface area contributed by atoms with Gasteiger partial charge in [0.1, 0.15) is 6.04 Å². The normalized spacial score (nSPS) is 22.5. The number of nitrogens with one attached hydrogen (secondary N) is 1. The fourth-order valence-corrected chi connectivity index (χ4v) is 4.13. The summed E-state index contributed by atoms with van der Waals surface area (Å²) in [7, 11) is 0. The zero-order valence-corrected chi connectivity index (χ0v) is 14.5. The van der Waals surface area contributed by atoms with Crippen molar-refractivity contribution in [2.24, 2.45) is 11.8 Å². The molecule has 1 saturated carbocycles. The minimum atomic E-state index is -0.287. The van der Waals surface area contributed by atoms with Crippen LogP contribution in [0.3, 0.4) is 0 Å². The largest absolute Gasteiger partial charge is 0.350 e. The van der Waals surface area contributed by atoms with E-state index in [0.29, 0.717) is 12.5 Å². The van der Waals surface area contributed by atoms with Gasteiger partial charge >= 0.3 is 0 Å². The maximum absolute atomic E-state index is 12.9. The van der Waals surface area contributed by atoms with Gasteiger partial charge in [-0.25, -0.2) is 0 Å². The van der Waals surface area contributed by atoms with Crippen molar-refractivity contribution in [3.05, 3.63) is 35.9 Å². The van der Waals surface area contributed by atoms with E-state index in [1.807, 2.05) is 35.2 Å². The van der Waals surface area contributed by atoms with Gasteiger partial charge in [0.25, 0.3) is 0 Å². The molecule has 1 aliphatic carbocycles. The van der Waals surface area contributed by atoms with E-state index in [1.54, 1.807) is 0 Å². The number of rotatable bonds is 5. The van der Waals surface area contributed by atoms with Gasteiger partial charge in [0.15, 0.2) is 0 Å². The molecule has 1 unspecified atom stereocenters. The van der Waals surface area contributed by atoms with Crippen LogP contribution in [-0.4, -0.2) is 29.3 Å². The van der Waals surface area contributed by atoms with Gasteiger partial charge in [0.2, 0.25) is 11.8 Å². The molecule has 2 atom stereocenters. The Kier molecular flexibility index (Phi) is 5.54. The standard InChI is InChI=1S/C20H28N2O2/c1-15(17-10-5-6-11-17)20(24)22-13-7-12-18(22)19(23)21-14-16-8-3-2-4-9-16/h2-4,8-9,15,17-18H,5-7,10-14H2,1H3,(H,21,23)/t15?,18-/m1/s1. The molecule has 0 spiro atoms. The molecule has 4 heteroatoms. The molecule has 4 nitrogen and oxygen atoms in total. The molecule has 1 aromatic carbocycles. The molecule has 1 saturated heterocycles. The van der Waals surface area contributed by atoms with Crippen LogP contribution in [0.5, 0.6) is 0 Å². The molecule has 3 rings (SSSR count). The summed E-state index contributed by atoms with van der Waals surface area (Å²) < 4.78 is 0. The van der Waals surface area contributed by atoms with Crippen LogP contribution >= 0.6 is 0 Å². The van der Waals surface area contributed by atoms with Crippen LogP contribution in [0.1, 0.15) is 51.0 Å². The van der Waals surface area contributed by atoms with Crippen LogP contribution in [0.15, 0.2) is 30.3 Å². The monoisotopic (exact) mass is 328 g/mol. The first-order chi connectivity index (χ1) is 11.7. The van der Waals surface area contributed by atoms with Crippen LogP contribution < -0.4 is 5.32 Å². The van der Waals surface area contributed by atoms with E-state index < -0.39 is 0 Å². The van der Waals surface area contributed by atoms with Gasteiger partial charge in [-0.2, -0.15) is 0 Å². The third-order valence-corrected chi connectivity index (χ3v) is 5.64. The minimum Gasteiger partial charge on any atom is -0.350 e. The van der Waals surface area contributed by atoms with Crippen molar-refractivity contribution in [1.29, 1.82) is 0 Å². The molecule has 1 aliphatic heterocycles. The van der Waals surface area contributed by atoms with Crippen molar-refractivity contribution in [2.45, 2.75) is 58.0 Å². The second-order valence-corrected chi connectivity index (χ2v) is 7.23. The Bertz CT molecular complexity index is 566. The molecule has 2 amide bonds. The number of likely N-dealkylation sites (tertiary alicyclic amines) is 1. The third-order valence-electron chi connectivity index (χ3n) is 5.64. The van der Waals surface area contributed by atoms with Crippen LogP contribution in [0.4, 0.5) is 0 Å². The minimum absolute atomic E-state index is 0.0108. The molecule has 0 aromatic heterocycles. The summed E-state index contributed by atoms with van der Waals surface area (Å²) in [5.41, 5.74) is 1.08. The lowest BCUT2D eigenvalue weighted by Gasteiger charge is -2.29. The van der Waals surface area contributed by atoms with Gasteiger partial charge in [-0.1, -0.05) is 50.1 Å². The SMILES string of the molecule is CC(C(=O)N1CCC[C@@H]1C(=O)NCc1ccccc1)C1CCCC1. The highest BCUT2D eigenvalue weighted by atomic mass is 16.2. The number of hydrogen-bond donors (Lipinski definition) is 1. The molecule has 24 heavy (non-hydrogen) atoms. The first-order valence-corrected chi connectivity index (χ1v) is 9.29. The highest BCUT2D eigenvalue weighted by molar-refractivity contribution is 5.89. The quantitative estimate of drug-likeness (QED) is 0.903. The molecule has 1 heterocycles. The van der Waals surface area contributed by atoms with Crippen molar-refractivity contribution in [1.82, 2.24) is 10.2 Å². The number of nitrogens with zero attached hydrogens (tertiary/aromatic N) is 1. The second-order valence-electron chi connectivity index (χ2n) is 7.23. The van der Waals surface area contributed by atoms with E-state index in [1.165, 1.54) is 12.8 Å². The summed E-state index contributed by atoms with van der Waals surface area (Å²) in [4.78, 5) is 27.3. The Morgan fingerprint density at radius 2 is 1.83 bits per heavy atom. The summed E-state index contributed by atoms with van der Waals surface area (Å²) in [6, 6.07) is 9.62. The third kappa shape index (κ3) is 3.80. The number of amides is 2. The smallest absolute Gasteiger partial charge is 0.243 e. The van der Waals surface area contributed by atoms with Crippen LogP contribution in [-0.2, 0) is 16.1 Å². The molecule has 1 aromatic rings. The first-order valence-electron chi connectivity index (χ1n) is 9.29. The van der Waals surface area contributed by atoms with Crippen molar-refractivity contribution in [3.8, 4) is 0 Å². The topological polar surface area (TPSA) is 49.4 Å². The van der Waals surface area contributed by atoms with E-state index in [4.69, 9.17) is 0 Å². The molecular weight excluding hydrogens is 300 g/mol. The maximum atomic E-state index is 12.9.